The number of alkyl halides is 2. The smallest absolute Gasteiger partial charge is 0.394 e. The standard InChI is InChI=1S/C26H27F2N7O3S/c1-26(27,28)38-20-11-7-10-19(14-20)16-30-24(37)25-33-32-22(39-25)12-5-6-13-35-17-21(31-34-35)23(36)29-15-18-8-3-2-4-9-18/h2-4,7-11,14,17H,5-6,12-13,15-16H2,1H3,(H,29,36)(H,30,37). The number of benzene rings is 2. The van der Waals surface area contributed by atoms with E-state index >= 15 is 0 Å². The molecule has 2 heterocycles. The van der Waals surface area contributed by atoms with Gasteiger partial charge in [0.1, 0.15) is 10.8 Å². The van der Waals surface area contributed by atoms with E-state index in [4.69, 9.17) is 0 Å². The van der Waals surface area contributed by atoms with Crippen LogP contribution < -0.4 is 15.4 Å². The van der Waals surface area contributed by atoms with Crippen LogP contribution in [0.3, 0.4) is 0 Å². The Bertz CT molecular complexity index is 1390. The number of aryl methyl sites for hydroxylation is 2. The SMILES string of the molecule is CC(F)(F)Oc1cccc(CNC(=O)c2nnc(CCCCn3cc(C(=O)NCc4ccccc4)nn3)s2)c1. The van der Waals surface area contributed by atoms with Gasteiger partial charge < -0.3 is 15.4 Å². The van der Waals surface area contributed by atoms with Crippen LogP contribution in [0.5, 0.6) is 5.75 Å². The molecule has 0 saturated heterocycles. The van der Waals surface area contributed by atoms with Gasteiger partial charge in [-0.25, -0.2) is 0 Å². The predicted molar refractivity (Wildman–Crippen MR) is 139 cm³/mol. The second-order valence-electron chi connectivity index (χ2n) is 8.73. The van der Waals surface area contributed by atoms with Crippen molar-refractivity contribution in [3.8, 4) is 5.75 Å². The Morgan fingerprint density at radius 2 is 1.69 bits per heavy atom. The van der Waals surface area contributed by atoms with Gasteiger partial charge in [-0.15, -0.1) is 15.3 Å². The molecule has 0 radical (unpaired) electrons. The van der Waals surface area contributed by atoms with Gasteiger partial charge in [-0.3, -0.25) is 14.3 Å². The molecule has 2 aromatic heterocycles. The maximum absolute atomic E-state index is 13.1. The summed E-state index contributed by atoms with van der Waals surface area (Å²) in [4.78, 5) is 24.7. The van der Waals surface area contributed by atoms with Crippen LogP contribution in [0.4, 0.5) is 8.78 Å². The molecule has 0 unspecified atom stereocenters. The summed E-state index contributed by atoms with van der Waals surface area (Å²) in [5.74, 6) is -0.666. The van der Waals surface area contributed by atoms with Gasteiger partial charge in [0.05, 0.1) is 6.20 Å². The molecule has 0 spiro atoms. The van der Waals surface area contributed by atoms with E-state index in [1.807, 2.05) is 30.3 Å². The van der Waals surface area contributed by atoms with Crippen molar-refractivity contribution < 1.29 is 23.1 Å². The van der Waals surface area contributed by atoms with Crippen LogP contribution in [-0.2, 0) is 26.1 Å². The first-order chi connectivity index (χ1) is 18.7. The molecule has 4 rings (SSSR count). The normalized spacial score (nSPS) is 11.3. The lowest BCUT2D eigenvalue weighted by Gasteiger charge is -2.13. The summed E-state index contributed by atoms with van der Waals surface area (Å²) >= 11 is 1.20. The highest BCUT2D eigenvalue weighted by molar-refractivity contribution is 7.13. The minimum Gasteiger partial charge on any atom is -0.433 e. The Labute approximate surface area is 227 Å². The first-order valence-corrected chi connectivity index (χ1v) is 13.1. The number of carbonyl (C=O) groups is 2. The van der Waals surface area contributed by atoms with Gasteiger partial charge in [0, 0.05) is 33.0 Å². The zero-order valence-corrected chi connectivity index (χ0v) is 22.0. The molecule has 0 saturated carbocycles. The molecule has 0 aliphatic carbocycles. The van der Waals surface area contributed by atoms with E-state index in [2.05, 4.69) is 35.9 Å². The van der Waals surface area contributed by atoms with Crippen LogP contribution in [0.15, 0.2) is 60.8 Å². The number of hydrogen-bond acceptors (Lipinski definition) is 8. The third-order valence-electron chi connectivity index (χ3n) is 5.40. The molecule has 10 nitrogen and oxygen atoms in total. The number of halogens is 2. The van der Waals surface area contributed by atoms with Crippen LogP contribution in [-0.4, -0.2) is 43.1 Å². The van der Waals surface area contributed by atoms with E-state index in [1.165, 1.54) is 23.5 Å². The fourth-order valence-electron chi connectivity index (χ4n) is 3.56. The average Bonchev–Trinajstić information content (AvgIpc) is 3.58. The summed E-state index contributed by atoms with van der Waals surface area (Å²) in [6.07, 6.45) is 0.505. The fourth-order valence-corrected chi connectivity index (χ4v) is 4.36. The van der Waals surface area contributed by atoms with Crippen molar-refractivity contribution >= 4 is 23.2 Å². The summed E-state index contributed by atoms with van der Waals surface area (Å²) in [6, 6.07) is 15.7. The van der Waals surface area contributed by atoms with E-state index in [1.54, 1.807) is 23.0 Å². The van der Waals surface area contributed by atoms with E-state index in [0.717, 1.165) is 23.4 Å². The van der Waals surface area contributed by atoms with Crippen molar-refractivity contribution in [3.05, 3.63) is 87.6 Å². The van der Waals surface area contributed by atoms with Crippen LogP contribution >= 0.6 is 11.3 Å². The minimum absolute atomic E-state index is 0.0147. The Hall–Kier alpha value is -4.26. The third-order valence-corrected chi connectivity index (χ3v) is 6.39. The number of nitrogens with zero attached hydrogens (tertiary/aromatic N) is 5. The Balaban J connectivity index is 1.16. The number of unbranched alkanes of at least 4 members (excludes halogenated alkanes) is 1. The monoisotopic (exact) mass is 555 g/mol. The summed E-state index contributed by atoms with van der Waals surface area (Å²) in [5.41, 5.74) is 1.87. The Kier molecular flexibility index (Phi) is 9.26. The highest BCUT2D eigenvalue weighted by Crippen LogP contribution is 2.22. The van der Waals surface area contributed by atoms with Gasteiger partial charge in [-0.05, 0) is 36.1 Å². The lowest BCUT2D eigenvalue weighted by molar-refractivity contribution is -0.159. The first-order valence-electron chi connectivity index (χ1n) is 12.2. The molecule has 0 atom stereocenters. The number of rotatable bonds is 13. The van der Waals surface area contributed by atoms with E-state index in [9.17, 15) is 18.4 Å². The van der Waals surface area contributed by atoms with Crippen LogP contribution in [0.1, 0.15) is 56.2 Å². The van der Waals surface area contributed by atoms with Crippen molar-refractivity contribution in [2.24, 2.45) is 0 Å². The van der Waals surface area contributed by atoms with E-state index in [0.29, 0.717) is 32.0 Å². The average molecular weight is 556 g/mol. The molecule has 2 amide bonds. The fraction of sp³-hybridized carbons (Fsp3) is 0.308. The summed E-state index contributed by atoms with van der Waals surface area (Å²) < 4.78 is 32.3. The molecule has 2 N–H and O–H groups in total. The van der Waals surface area contributed by atoms with Crippen molar-refractivity contribution in [1.29, 1.82) is 0 Å². The minimum atomic E-state index is -3.29. The zero-order chi connectivity index (χ0) is 27.7. The van der Waals surface area contributed by atoms with Gasteiger partial charge in [-0.1, -0.05) is 59.0 Å². The predicted octanol–water partition coefficient (Wildman–Crippen LogP) is 4.00. The molecule has 0 bridgehead atoms. The first kappa shape index (κ1) is 27.8. The highest BCUT2D eigenvalue weighted by Gasteiger charge is 2.23. The number of aromatic nitrogens is 5. The third kappa shape index (κ3) is 8.92. The molecule has 2 aromatic carbocycles. The van der Waals surface area contributed by atoms with Crippen LogP contribution in [0.2, 0.25) is 0 Å². The molecule has 204 valence electrons. The molecular weight excluding hydrogens is 528 g/mol. The molecular formula is C26H27F2N7O3S. The highest BCUT2D eigenvalue weighted by atomic mass is 32.1. The van der Waals surface area contributed by atoms with E-state index in [-0.39, 0.29) is 28.9 Å². The van der Waals surface area contributed by atoms with E-state index < -0.39 is 12.0 Å². The Morgan fingerprint density at radius 3 is 2.49 bits per heavy atom. The zero-order valence-electron chi connectivity index (χ0n) is 21.1. The summed E-state index contributed by atoms with van der Waals surface area (Å²) in [6.45, 7) is 1.78. The maximum atomic E-state index is 13.1. The number of nitrogens with one attached hydrogen (secondary N) is 2. The summed E-state index contributed by atoms with van der Waals surface area (Å²) in [5, 5.41) is 22.5. The van der Waals surface area contributed by atoms with Gasteiger partial charge in [-0.2, -0.15) is 8.78 Å². The van der Waals surface area contributed by atoms with Crippen molar-refractivity contribution in [1.82, 2.24) is 35.8 Å². The topological polar surface area (TPSA) is 124 Å². The number of hydrogen-bond donors (Lipinski definition) is 2. The number of amides is 2. The second kappa shape index (κ2) is 13.0. The largest absolute Gasteiger partial charge is 0.433 e. The molecule has 0 aliphatic rings. The Morgan fingerprint density at radius 1 is 0.949 bits per heavy atom. The van der Waals surface area contributed by atoms with Crippen LogP contribution in [0.25, 0.3) is 0 Å². The second-order valence-corrected chi connectivity index (χ2v) is 9.80. The van der Waals surface area contributed by atoms with Crippen molar-refractivity contribution in [3.63, 3.8) is 0 Å². The van der Waals surface area contributed by atoms with Crippen molar-refractivity contribution in [2.45, 2.75) is 51.9 Å². The molecule has 0 fully saturated rings. The molecule has 13 heteroatoms. The maximum Gasteiger partial charge on any atom is 0.394 e. The molecule has 4 aromatic rings. The molecule has 39 heavy (non-hydrogen) atoms. The van der Waals surface area contributed by atoms with Gasteiger partial charge in [0.2, 0.25) is 5.01 Å². The number of ether oxygens (including phenoxy) is 1. The van der Waals surface area contributed by atoms with Gasteiger partial charge >= 0.3 is 6.11 Å². The quantitative estimate of drug-likeness (QED) is 0.239. The summed E-state index contributed by atoms with van der Waals surface area (Å²) in [7, 11) is 0. The van der Waals surface area contributed by atoms with Gasteiger partial charge in [0.15, 0.2) is 5.69 Å². The lowest BCUT2D eigenvalue weighted by atomic mass is 10.2. The number of carbonyl (C=O) groups excluding carboxylic acids is 2. The van der Waals surface area contributed by atoms with Gasteiger partial charge in [0.25, 0.3) is 11.8 Å². The lowest BCUT2D eigenvalue weighted by Crippen LogP contribution is -2.23. The van der Waals surface area contributed by atoms with Crippen molar-refractivity contribution in [2.75, 3.05) is 0 Å². The van der Waals surface area contributed by atoms with Crippen LogP contribution in [0, 0.1) is 0 Å². The molecule has 0 aliphatic heterocycles.